The molecular formula is C14H21NO. The number of benzene rings is 1. The third kappa shape index (κ3) is 5.10. The summed E-state index contributed by atoms with van der Waals surface area (Å²) in [6, 6.07) is 10.2. The SMILES string of the molecule is C=C(CNCCCC(C)O)c1ccccc1. The van der Waals surface area contributed by atoms with Crippen LogP contribution in [0.4, 0.5) is 0 Å². The van der Waals surface area contributed by atoms with Crippen molar-refractivity contribution in [3.8, 4) is 0 Å². The van der Waals surface area contributed by atoms with Gasteiger partial charge in [-0.3, -0.25) is 0 Å². The Labute approximate surface area is 98.0 Å². The van der Waals surface area contributed by atoms with Gasteiger partial charge >= 0.3 is 0 Å². The van der Waals surface area contributed by atoms with Crippen molar-refractivity contribution in [1.82, 2.24) is 5.32 Å². The van der Waals surface area contributed by atoms with E-state index < -0.39 is 0 Å². The third-order valence-electron chi connectivity index (χ3n) is 2.50. The van der Waals surface area contributed by atoms with Gasteiger partial charge in [0.1, 0.15) is 0 Å². The van der Waals surface area contributed by atoms with Crippen molar-refractivity contribution in [2.75, 3.05) is 13.1 Å². The minimum atomic E-state index is -0.195. The molecule has 2 nitrogen and oxygen atoms in total. The molecule has 1 atom stereocenters. The molecule has 1 aromatic carbocycles. The van der Waals surface area contributed by atoms with Crippen LogP contribution in [-0.4, -0.2) is 24.3 Å². The molecular weight excluding hydrogens is 198 g/mol. The lowest BCUT2D eigenvalue weighted by atomic mass is 10.1. The van der Waals surface area contributed by atoms with Crippen LogP contribution in [0.5, 0.6) is 0 Å². The highest BCUT2D eigenvalue weighted by Crippen LogP contribution is 2.09. The zero-order chi connectivity index (χ0) is 11.8. The van der Waals surface area contributed by atoms with E-state index in [1.54, 1.807) is 0 Å². The van der Waals surface area contributed by atoms with Gasteiger partial charge in [0.15, 0.2) is 0 Å². The van der Waals surface area contributed by atoms with E-state index in [1.807, 2.05) is 25.1 Å². The predicted molar refractivity (Wildman–Crippen MR) is 69.3 cm³/mol. The topological polar surface area (TPSA) is 32.3 Å². The number of hydrogen-bond donors (Lipinski definition) is 2. The number of aliphatic hydroxyl groups excluding tert-OH is 1. The Balaban J connectivity index is 2.16. The van der Waals surface area contributed by atoms with Crippen molar-refractivity contribution in [2.24, 2.45) is 0 Å². The third-order valence-corrected chi connectivity index (χ3v) is 2.50. The second kappa shape index (κ2) is 7.20. The second-order valence-corrected chi connectivity index (χ2v) is 4.14. The molecule has 88 valence electrons. The summed E-state index contributed by atoms with van der Waals surface area (Å²) in [6.45, 7) is 7.60. The van der Waals surface area contributed by atoms with Gasteiger partial charge in [-0.05, 0) is 37.4 Å². The standard InChI is InChI=1S/C14H21NO/c1-12(14-8-4-3-5-9-14)11-15-10-6-7-13(2)16/h3-5,8-9,13,15-16H,1,6-7,10-11H2,2H3. The smallest absolute Gasteiger partial charge is 0.0512 e. The average Bonchev–Trinajstić information content (AvgIpc) is 2.29. The number of aliphatic hydroxyl groups is 1. The van der Waals surface area contributed by atoms with Gasteiger partial charge in [0.05, 0.1) is 6.10 Å². The van der Waals surface area contributed by atoms with Gasteiger partial charge in [-0.25, -0.2) is 0 Å². The van der Waals surface area contributed by atoms with Crippen LogP contribution in [0.25, 0.3) is 5.57 Å². The maximum absolute atomic E-state index is 9.09. The lowest BCUT2D eigenvalue weighted by molar-refractivity contribution is 0.181. The fraction of sp³-hybridized carbons (Fsp3) is 0.429. The van der Waals surface area contributed by atoms with E-state index in [2.05, 4.69) is 24.0 Å². The normalized spacial score (nSPS) is 12.4. The Morgan fingerprint density at radius 2 is 2.06 bits per heavy atom. The van der Waals surface area contributed by atoms with Gasteiger partial charge in [0.2, 0.25) is 0 Å². The van der Waals surface area contributed by atoms with E-state index in [0.29, 0.717) is 0 Å². The van der Waals surface area contributed by atoms with Crippen LogP contribution < -0.4 is 5.32 Å². The lowest BCUT2D eigenvalue weighted by Crippen LogP contribution is -2.18. The average molecular weight is 219 g/mol. The van der Waals surface area contributed by atoms with Crippen LogP contribution in [0, 0.1) is 0 Å². The molecule has 0 saturated carbocycles. The van der Waals surface area contributed by atoms with Crippen molar-refractivity contribution in [2.45, 2.75) is 25.9 Å². The quantitative estimate of drug-likeness (QED) is 0.690. The summed E-state index contributed by atoms with van der Waals surface area (Å²) < 4.78 is 0. The number of rotatable bonds is 7. The van der Waals surface area contributed by atoms with Crippen LogP contribution in [-0.2, 0) is 0 Å². The summed E-state index contributed by atoms with van der Waals surface area (Å²) in [5.74, 6) is 0. The van der Waals surface area contributed by atoms with Crippen LogP contribution in [0.2, 0.25) is 0 Å². The second-order valence-electron chi connectivity index (χ2n) is 4.14. The molecule has 0 aliphatic rings. The molecule has 16 heavy (non-hydrogen) atoms. The first-order valence-corrected chi connectivity index (χ1v) is 5.82. The van der Waals surface area contributed by atoms with Crippen molar-refractivity contribution < 1.29 is 5.11 Å². The van der Waals surface area contributed by atoms with E-state index >= 15 is 0 Å². The monoisotopic (exact) mass is 219 g/mol. The first-order chi connectivity index (χ1) is 7.70. The molecule has 0 aliphatic carbocycles. The van der Waals surface area contributed by atoms with Gasteiger partial charge < -0.3 is 10.4 Å². The van der Waals surface area contributed by atoms with Crippen molar-refractivity contribution >= 4 is 5.57 Å². The Bertz CT molecular complexity index is 306. The summed E-state index contributed by atoms with van der Waals surface area (Å²) in [5.41, 5.74) is 2.29. The summed E-state index contributed by atoms with van der Waals surface area (Å²) >= 11 is 0. The largest absolute Gasteiger partial charge is 0.393 e. The molecule has 2 heteroatoms. The Kier molecular flexibility index (Phi) is 5.83. The first-order valence-electron chi connectivity index (χ1n) is 5.82. The molecule has 1 aromatic rings. The minimum absolute atomic E-state index is 0.195. The summed E-state index contributed by atoms with van der Waals surface area (Å²) in [7, 11) is 0. The molecule has 0 heterocycles. The predicted octanol–water partition coefficient (Wildman–Crippen LogP) is 2.45. The summed E-state index contributed by atoms with van der Waals surface area (Å²) in [4.78, 5) is 0. The van der Waals surface area contributed by atoms with Crippen molar-refractivity contribution in [1.29, 1.82) is 0 Å². The van der Waals surface area contributed by atoms with E-state index in [4.69, 9.17) is 5.11 Å². The van der Waals surface area contributed by atoms with Crippen molar-refractivity contribution in [3.63, 3.8) is 0 Å². The molecule has 1 rings (SSSR count). The maximum Gasteiger partial charge on any atom is 0.0512 e. The van der Waals surface area contributed by atoms with E-state index in [9.17, 15) is 0 Å². The Morgan fingerprint density at radius 1 is 1.38 bits per heavy atom. The number of nitrogens with one attached hydrogen (secondary N) is 1. The lowest BCUT2D eigenvalue weighted by Gasteiger charge is -2.08. The molecule has 0 aromatic heterocycles. The fourth-order valence-electron chi connectivity index (χ4n) is 1.54. The molecule has 0 spiro atoms. The van der Waals surface area contributed by atoms with Crippen molar-refractivity contribution in [3.05, 3.63) is 42.5 Å². The first kappa shape index (κ1) is 12.9. The van der Waals surface area contributed by atoms with E-state index in [-0.39, 0.29) is 6.10 Å². The van der Waals surface area contributed by atoms with Gasteiger partial charge in [-0.2, -0.15) is 0 Å². The molecule has 1 unspecified atom stereocenters. The summed E-state index contributed by atoms with van der Waals surface area (Å²) in [5, 5.41) is 12.4. The molecule has 0 aliphatic heterocycles. The number of hydrogen-bond acceptors (Lipinski definition) is 2. The van der Waals surface area contributed by atoms with Gasteiger partial charge in [-0.15, -0.1) is 0 Å². The zero-order valence-corrected chi connectivity index (χ0v) is 9.95. The highest BCUT2D eigenvalue weighted by molar-refractivity contribution is 5.64. The highest BCUT2D eigenvalue weighted by Gasteiger charge is 1.98. The zero-order valence-electron chi connectivity index (χ0n) is 9.95. The highest BCUT2D eigenvalue weighted by atomic mass is 16.3. The maximum atomic E-state index is 9.09. The molecule has 0 amide bonds. The van der Waals surface area contributed by atoms with Gasteiger partial charge in [-0.1, -0.05) is 36.9 Å². The Hall–Kier alpha value is -1.12. The van der Waals surface area contributed by atoms with Crippen LogP contribution in [0.1, 0.15) is 25.3 Å². The van der Waals surface area contributed by atoms with Crippen LogP contribution >= 0.6 is 0 Å². The molecule has 0 saturated heterocycles. The van der Waals surface area contributed by atoms with E-state index in [1.165, 1.54) is 5.56 Å². The van der Waals surface area contributed by atoms with E-state index in [0.717, 1.165) is 31.5 Å². The molecule has 0 radical (unpaired) electrons. The molecule has 0 fully saturated rings. The minimum Gasteiger partial charge on any atom is -0.393 e. The van der Waals surface area contributed by atoms with Crippen LogP contribution in [0.3, 0.4) is 0 Å². The fourth-order valence-corrected chi connectivity index (χ4v) is 1.54. The molecule has 2 N–H and O–H groups in total. The Morgan fingerprint density at radius 3 is 2.69 bits per heavy atom. The van der Waals surface area contributed by atoms with Gasteiger partial charge in [0, 0.05) is 6.54 Å². The molecule has 0 bridgehead atoms. The summed E-state index contributed by atoms with van der Waals surface area (Å²) in [6.07, 6.45) is 1.66. The van der Waals surface area contributed by atoms with Crippen LogP contribution in [0.15, 0.2) is 36.9 Å². The van der Waals surface area contributed by atoms with Gasteiger partial charge in [0.25, 0.3) is 0 Å².